The highest BCUT2D eigenvalue weighted by molar-refractivity contribution is 7.09. The molecule has 0 aliphatic heterocycles. The predicted molar refractivity (Wildman–Crippen MR) is 67.1 cm³/mol. The molecule has 82 valence electrons. The van der Waals surface area contributed by atoms with Crippen LogP contribution in [0.1, 0.15) is 30.6 Å². The molecule has 0 spiro atoms. The van der Waals surface area contributed by atoms with Crippen molar-refractivity contribution in [3.8, 4) is 0 Å². The van der Waals surface area contributed by atoms with E-state index in [2.05, 4.69) is 29.4 Å². The van der Waals surface area contributed by atoms with E-state index in [1.54, 1.807) is 0 Å². The summed E-state index contributed by atoms with van der Waals surface area (Å²) in [6.07, 6.45) is 7.25. The fraction of sp³-hybridized carbons (Fsp3) is 0.538. The SMILES string of the molecule is C=CCCC(NCc1cccs1)C1CC1. The van der Waals surface area contributed by atoms with E-state index in [9.17, 15) is 0 Å². The summed E-state index contributed by atoms with van der Waals surface area (Å²) in [6.45, 7) is 4.83. The smallest absolute Gasteiger partial charge is 0.0302 e. The molecule has 0 saturated heterocycles. The van der Waals surface area contributed by atoms with E-state index >= 15 is 0 Å². The summed E-state index contributed by atoms with van der Waals surface area (Å²) in [5, 5.41) is 5.83. The van der Waals surface area contributed by atoms with Crippen LogP contribution in [0.15, 0.2) is 30.2 Å². The topological polar surface area (TPSA) is 12.0 Å². The maximum Gasteiger partial charge on any atom is 0.0302 e. The summed E-state index contributed by atoms with van der Waals surface area (Å²) in [6, 6.07) is 5.04. The lowest BCUT2D eigenvalue weighted by atomic mass is 10.1. The molecule has 1 aromatic rings. The Morgan fingerprint density at radius 1 is 1.60 bits per heavy atom. The van der Waals surface area contributed by atoms with Gasteiger partial charge in [0.15, 0.2) is 0 Å². The van der Waals surface area contributed by atoms with Gasteiger partial charge in [0.1, 0.15) is 0 Å². The molecule has 15 heavy (non-hydrogen) atoms. The quantitative estimate of drug-likeness (QED) is 0.694. The van der Waals surface area contributed by atoms with Crippen molar-refractivity contribution in [3.05, 3.63) is 35.0 Å². The second-order valence-electron chi connectivity index (χ2n) is 4.27. The summed E-state index contributed by atoms with van der Waals surface area (Å²) in [5.41, 5.74) is 0. The van der Waals surface area contributed by atoms with Crippen molar-refractivity contribution in [1.82, 2.24) is 5.32 Å². The van der Waals surface area contributed by atoms with Crippen molar-refractivity contribution in [1.29, 1.82) is 0 Å². The van der Waals surface area contributed by atoms with Crippen molar-refractivity contribution < 1.29 is 0 Å². The Kier molecular flexibility index (Phi) is 3.98. The van der Waals surface area contributed by atoms with Gasteiger partial charge in [0.05, 0.1) is 0 Å². The zero-order chi connectivity index (χ0) is 10.5. The standard InChI is InChI=1S/C13H19NS/c1-2-3-6-13(11-7-8-11)14-10-12-5-4-9-15-12/h2,4-5,9,11,13-14H,1,3,6-8,10H2. The first-order valence-electron chi connectivity index (χ1n) is 5.77. The zero-order valence-electron chi connectivity index (χ0n) is 9.11. The number of thiophene rings is 1. The maximum absolute atomic E-state index is 3.80. The van der Waals surface area contributed by atoms with Gasteiger partial charge in [-0.2, -0.15) is 0 Å². The Hall–Kier alpha value is -0.600. The molecular weight excluding hydrogens is 202 g/mol. The van der Waals surface area contributed by atoms with Crippen molar-refractivity contribution in [2.75, 3.05) is 0 Å². The minimum Gasteiger partial charge on any atom is -0.309 e. The van der Waals surface area contributed by atoms with Crippen molar-refractivity contribution >= 4 is 11.3 Å². The minimum atomic E-state index is 0.713. The number of nitrogens with one attached hydrogen (secondary N) is 1. The molecule has 1 aliphatic carbocycles. The fourth-order valence-electron chi connectivity index (χ4n) is 1.95. The molecule has 1 fully saturated rings. The Morgan fingerprint density at radius 3 is 3.07 bits per heavy atom. The van der Waals surface area contributed by atoms with Crippen LogP contribution in [0.25, 0.3) is 0 Å². The lowest BCUT2D eigenvalue weighted by molar-refractivity contribution is 0.438. The molecule has 0 amide bonds. The highest BCUT2D eigenvalue weighted by Gasteiger charge is 2.29. The van der Waals surface area contributed by atoms with Gasteiger partial charge in [-0.15, -0.1) is 17.9 Å². The van der Waals surface area contributed by atoms with Gasteiger partial charge in [0.2, 0.25) is 0 Å². The first kappa shape index (κ1) is 10.9. The molecule has 1 atom stereocenters. The van der Waals surface area contributed by atoms with E-state index in [4.69, 9.17) is 0 Å². The first-order chi connectivity index (χ1) is 7.40. The number of hydrogen-bond acceptors (Lipinski definition) is 2. The number of hydrogen-bond donors (Lipinski definition) is 1. The fourth-order valence-corrected chi connectivity index (χ4v) is 2.60. The highest BCUT2D eigenvalue weighted by Crippen LogP contribution is 2.34. The van der Waals surface area contributed by atoms with Gasteiger partial charge in [-0.05, 0) is 43.0 Å². The van der Waals surface area contributed by atoms with E-state index in [1.807, 2.05) is 17.4 Å². The molecule has 0 bridgehead atoms. The largest absolute Gasteiger partial charge is 0.309 e. The lowest BCUT2D eigenvalue weighted by Crippen LogP contribution is -2.30. The average molecular weight is 221 g/mol. The van der Waals surface area contributed by atoms with Crippen LogP contribution < -0.4 is 5.32 Å². The summed E-state index contributed by atoms with van der Waals surface area (Å²) in [7, 11) is 0. The summed E-state index contributed by atoms with van der Waals surface area (Å²) in [5.74, 6) is 0.935. The van der Waals surface area contributed by atoms with Crippen molar-refractivity contribution in [2.24, 2.45) is 5.92 Å². The molecule has 1 heterocycles. The molecular formula is C13H19NS. The Bertz CT molecular complexity index is 287. The van der Waals surface area contributed by atoms with Gasteiger partial charge in [0, 0.05) is 17.5 Å². The van der Waals surface area contributed by atoms with Gasteiger partial charge in [-0.3, -0.25) is 0 Å². The van der Waals surface area contributed by atoms with Crippen LogP contribution >= 0.6 is 11.3 Å². The third-order valence-corrected chi connectivity index (χ3v) is 3.87. The minimum absolute atomic E-state index is 0.713. The molecule has 1 aromatic heterocycles. The molecule has 1 saturated carbocycles. The van der Waals surface area contributed by atoms with Gasteiger partial charge < -0.3 is 5.32 Å². The molecule has 0 radical (unpaired) electrons. The predicted octanol–water partition coefficient (Wildman–Crippen LogP) is 3.58. The highest BCUT2D eigenvalue weighted by atomic mass is 32.1. The third kappa shape index (κ3) is 3.47. The van der Waals surface area contributed by atoms with Crippen LogP contribution in [-0.2, 0) is 6.54 Å². The average Bonchev–Trinajstić information content (AvgIpc) is 2.95. The summed E-state index contributed by atoms with van der Waals surface area (Å²) >= 11 is 1.84. The molecule has 1 nitrogen and oxygen atoms in total. The maximum atomic E-state index is 3.80. The molecule has 1 aliphatic rings. The van der Waals surface area contributed by atoms with Crippen LogP contribution in [-0.4, -0.2) is 6.04 Å². The molecule has 2 heteroatoms. The Labute approximate surface area is 96.2 Å². The van der Waals surface area contributed by atoms with Crippen LogP contribution in [0.2, 0.25) is 0 Å². The van der Waals surface area contributed by atoms with Gasteiger partial charge >= 0.3 is 0 Å². The van der Waals surface area contributed by atoms with E-state index < -0.39 is 0 Å². The monoisotopic (exact) mass is 221 g/mol. The summed E-state index contributed by atoms with van der Waals surface area (Å²) in [4.78, 5) is 1.44. The molecule has 2 rings (SSSR count). The zero-order valence-corrected chi connectivity index (χ0v) is 9.93. The van der Waals surface area contributed by atoms with Crippen LogP contribution in [0.5, 0.6) is 0 Å². The van der Waals surface area contributed by atoms with E-state index in [0.29, 0.717) is 6.04 Å². The lowest BCUT2D eigenvalue weighted by Gasteiger charge is -2.16. The van der Waals surface area contributed by atoms with Gasteiger partial charge in [-0.1, -0.05) is 12.1 Å². The Morgan fingerprint density at radius 2 is 2.47 bits per heavy atom. The van der Waals surface area contributed by atoms with E-state index in [0.717, 1.165) is 18.9 Å². The second-order valence-corrected chi connectivity index (χ2v) is 5.30. The molecule has 0 aromatic carbocycles. The van der Waals surface area contributed by atoms with Crippen LogP contribution in [0.4, 0.5) is 0 Å². The van der Waals surface area contributed by atoms with Crippen LogP contribution in [0, 0.1) is 5.92 Å². The number of allylic oxidation sites excluding steroid dienone is 1. The third-order valence-electron chi connectivity index (χ3n) is 2.99. The van der Waals surface area contributed by atoms with Crippen molar-refractivity contribution in [2.45, 2.75) is 38.3 Å². The first-order valence-corrected chi connectivity index (χ1v) is 6.65. The Balaban J connectivity index is 1.76. The molecule has 1 unspecified atom stereocenters. The number of rotatable bonds is 7. The second kappa shape index (κ2) is 5.47. The normalized spacial score (nSPS) is 17.6. The van der Waals surface area contributed by atoms with E-state index in [1.165, 1.54) is 24.1 Å². The van der Waals surface area contributed by atoms with E-state index in [-0.39, 0.29) is 0 Å². The van der Waals surface area contributed by atoms with Crippen LogP contribution in [0.3, 0.4) is 0 Å². The van der Waals surface area contributed by atoms with Crippen molar-refractivity contribution in [3.63, 3.8) is 0 Å². The van der Waals surface area contributed by atoms with Gasteiger partial charge in [-0.25, -0.2) is 0 Å². The summed E-state index contributed by atoms with van der Waals surface area (Å²) < 4.78 is 0. The molecule has 1 N–H and O–H groups in total. The van der Waals surface area contributed by atoms with Gasteiger partial charge in [0.25, 0.3) is 0 Å².